The standard InChI is InChI=1S/C18H17FN2O3.C13H16O5.C11H12N2O3.C9H10O4.C7H7FO.H4N2/c1-22-17-9-5-6-13(18(17)23-2)15-10-12(20-21-15)11-24-16-8-4-3-7-14(16)19;1-4-18-12(15)8-10(14)9-6-5-7-11(16-2)13(9)17-3;1-15-9-5-3-4-7(11(9)16-2)8-6-10(14)13-12-8;1-12-7-5-3-4-6(9(10)11)8(7)13-2;8-7-4-2-1-3-6(7)5-9;1-2/h3-10H,11H2,1-2H3,(H,20,21);5-7H,4,8H2,1-3H3;3-6H,1-2H3,(H2,12,13,14);3-5H,1-2H3,(H,10,11);1-4,9H,5H2;1-2H2. The van der Waals surface area contributed by atoms with Gasteiger partial charge in [0.2, 0.25) is 0 Å². The van der Waals surface area contributed by atoms with Crippen molar-refractivity contribution >= 4 is 17.7 Å². The van der Waals surface area contributed by atoms with Crippen molar-refractivity contribution in [1.29, 1.82) is 0 Å². The second-order valence-electron chi connectivity index (χ2n) is 15.8. The lowest BCUT2D eigenvalue weighted by molar-refractivity contribution is -0.141. The summed E-state index contributed by atoms with van der Waals surface area (Å²) in [5.74, 6) is 9.42. The molecule has 0 aliphatic rings. The molecule has 9 N–H and O–H groups in total. The minimum absolute atomic E-state index is 0.0989. The minimum Gasteiger partial charge on any atom is -0.493 e. The Bertz CT molecular complexity index is 3310. The molecule has 0 fully saturated rings. The molecule has 8 aromatic rings. The van der Waals surface area contributed by atoms with Crippen LogP contribution in [0.25, 0.3) is 22.5 Å². The Morgan fingerprint density at radius 3 is 1.51 bits per heavy atom. The molecule has 2 aromatic heterocycles. The number of nitrogens with two attached hydrogens (primary N) is 2. The van der Waals surface area contributed by atoms with Gasteiger partial charge in [-0.1, -0.05) is 54.6 Å². The number of halogens is 2. The Balaban J connectivity index is 0.000000275. The topological polar surface area (TPSA) is 313 Å². The molecule has 22 nitrogen and oxygen atoms in total. The van der Waals surface area contributed by atoms with Crippen molar-refractivity contribution in [3.05, 3.63) is 178 Å². The van der Waals surface area contributed by atoms with E-state index in [9.17, 15) is 28.0 Å². The van der Waals surface area contributed by atoms with Gasteiger partial charge < -0.3 is 57.6 Å². The van der Waals surface area contributed by atoms with E-state index in [0.29, 0.717) is 62.8 Å². The van der Waals surface area contributed by atoms with Gasteiger partial charge in [-0.15, -0.1) is 0 Å². The number of hydrazine groups is 1. The number of aromatic amines is 3. The number of aliphatic hydroxyl groups is 1. The molecule has 8 rings (SSSR count). The molecule has 82 heavy (non-hydrogen) atoms. The van der Waals surface area contributed by atoms with E-state index in [1.54, 1.807) is 108 Å². The molecule has 6 aromatic carbocycles. The summed E-state index contributed by atoms with van der Waals surface area (Å²) in [5, 5.41) is 29.7. The summed E-state index contributed by atoms with van der Waals surface area (Å²) in [6.07, 6.45) is -0.308. The first-order valence-electron chi connectivity index (χ1n) is 24.3. The lowest BCUT2D eigenvalue weighted by Gasteiger charge is -2.11. The molecule has 0 spiro atoms. The molecule has 0 saturated heterocycles. The first kappa shape index (κ1) is 66.4. The van der Waals surface area contributed by atoms with Crippen molar-refractivity contribution in [3.63, 3.8) is 0 Å². The summed E-state index contributed by atoms with van der Waals surface area (Å²) < 4.78 is 77.4. The summed E-state index contributed by atoms with van der Waals surface area (Å²) in [4.78, 5) is 45.0. The number of H-pyrrole nitrogens is 3. The molecule has 0 unspecified atom stereocenters. The number of Topliss-reactive ketones (excluding diaryl/α,β-unsaturated/α-hetero) is 1. The highest BCUT2D eigenvalue weighted by molar-refractivity contribution is 6.08. The van der Waals surface area contributed by atoms with Gasteiger partial charge in [0.1, 0.15) is 24.4 Å². The number of para-hydroxylation sites is 5. The highest BCUT2D eigenvalue weighted by atomic mass is 19.1. The lowest BCUT2D eigenvalue weighted by atomic mass is 10.1. The Kier molecular flexibility index (Phi) is 28.8. The number of ether oxygens (including phenoxy) is 10. The van der Waals surface area contributed by atoms with Gasteiger partial charge >= 0.3 is 11.9 Å². The number of aromatic carboxylic acids is 1. The van der Waals surface area contributed by atoms with Crippen LogP contribution < -0.4 is 59.9 Å². The Hall–Kier alpha value is -9.91. The molecular weight excluding hydrogens is 1070 g/mol. The van der Waals surface area contributed by atoms with Crippen LogP contribution in [0.2, 0.25) is 0 Å². The second-order valence-corrected chi connectivity index (χ2v) is 15.8. The van der Waals surface area contributed by atoms with E-state index in [-0.39, 0.29) is 60.5 Å². The van der Waals surface area contributed by atoms with Gasteiger partial charge in [-0.05, 0) is 79.7 Å². The zero-order valence-electron chi connectivity index (χ0n) is 46.5. The van der Waals surface area contributed by atoms with Crippen LogP contribution in [-0.2, 0) is 22.7 Å². The molecule has 0 aliphatic carbocycles. The van der Waals surface area contributed by atoms with E-state index in [4.69, 9.17) is 57.6 Å². The molecule has 0 saturated carbocycles. The number of methoxy groups -OCH3 is 8. The Morgan fingerprint density at radius 2 is 1.04 bits per heavy atom. The van der Waals surface area contributed by atoms with Gasteiger partial charge in [0.15, 0.2) is 63.3 Å². The number of rotatable bonds is 19. The van der Waals surface area contributed by atoms with Gasteiger partial charge in [0.25, 0.3) is 5.56 Å². The van der Waals surface area contributed by atoms with E-state index < -0.39 is 17.8 Å². The fourth-order valence-electron chi connectivity index (χ4n) is 7.18. The van der Waals surface area contributed by atoms with E-state index in [1.807, 2.05) is 36.4 Å². The van der Waals surface area contributed by atoms with Crippen LogP contribution in [0.1, 0.15) is 45.3 Å². The van der Waals surface area contributed by atoms with Crippen molar-refractivity contribution in [2.24, 2.45) is 11.7 Å². The van der Waals surface area contributed by atoms with E-state index in [2.05, 4.69) is 32.1 Å². The number of esters is 1. The summed E-state index contributed by atoms with van der Waals surface area (Å²) in [6, 6.07) is 36.4. The monoisotopic (exact) mass is 1140 g/mol. The molecule has 438 valence electrons. The van der Waals surface area contributed by atoms with Gasteiger partial charge in [0, 0.05) is 22.8 Å². The van der Waals surface area contributed by atoms with E-state index >= 15 is 0 Å². The number of nitrogens with zero attached hydrogens (tertiary/aromatic N) is 1. The first-order valence-corrected chi connectivity index (χ1v) is 24.3. The molecule has 0 radical (unpaired) electrons. The molecule has 0 atom stereocenters. The normalized spacial score (nSPS) is 9.78. The number of carboxylic acid groups (broad SMARTS) is 1. The lowest BCUT2D eigenvalue weighted by Crippen LogP contribution is -2.12. The van der Waals surface area contributed by atoms with E-state index in [1.165, 1.54) is 52.7 Å². The van der Waals surface area contributed by atoms with Crippen LogP contribution in [0.4, 0.5) is 8.78 Å². The summed E-state index contributed by atoms with van der Waals surface area (Å²) >= 11 is 0. The summed E-state index contributed by atoms with van der Waals surface area (Å²) in [7, 11) is 12.1. The predicted molar refractivity (Wildman–Crippen MR) is 300 cm³/mol. The number of hydrogen-bond acceptors (Lipinski definition) is 18. The predicted octanol–water partition coefficient (Wildman–Crippen LogP) is 8.58. The molecule has 0 bridgehead atoms. The molecule has 0 amide bonds. The smallest absolute Gasteiger partial charge is 0.339 e. The number of hydrogen-bond donors (Lipinski definition) is 7. The molecule has 0 aliphatic heterocycles. The van der Waals surface area contributed by atoms with Gasteiger partial charge in [-0.25, -0.2) is 13.6 Å². The number of carbonyl (C=O) groups excluding carboxylic acids is 2. The Morgan fingerprint density at radius 1 is 0.561 bits per heavy atom. The van der Waals surface area contributed by atoms with Crippen molar-refractivity contribution in [2.75, 3.05) is 63.5 Å². The van der Waals surface area contributed by atoms with Gasteiger partial charge in [-0.3, -0.25) is 41.4 Å². The van der Waals surface area contributed by atoms with Crippen LogP contribution in [0.5, 0.6) is 51.7 Å². The number of aliphatic hydroxyl groups excluding tert-OH is 1. The van der Waals surface area contributed by atoms with Crippen molar-refractivity contribution in [3.8, 4) is 74.3 Å². The maximum absolute atomic E-state index is 13.6. The van der Waals surface area contributed by atoms with Gasteiger partial charge in [0.05, 0.1) is 92.7 Å². The maximum atomic E-state index is 13.6. The molecule has 24 heteroatoms. The van der Waals surface area contributed by atoms with Crippen LogP contribution in [0.3, 0.4) is 0 Å². The highest BCUT2D eigenvalue weighted by Crippen LogP contribution is 2.38. The number of aromatic nitrogens is 4. The number of ketones is 1. The third kappa shape index (κ3) is 19.2. The number of carboxylic acids is 1. The van der Waals surface area contributed by atoms with Crippen LogP contribution in [-0.4, -0.2) is 112 Å². The fraction of sp³-hybridized carbons (Fsp3) is 0.224. The third-order valence-electron chi connectivity index (χ3n) is 10.9. The van der Waals surface area contributed by atoms with Gasteiger partial charge in [-0.2, -0.15) is 5.10 Å². The zero-order chi connectivity index (χ0) is 60.6. The van der Waals surface area contributed by atoms with Crippen LogP contribution in [0.15, 0.2) is 138 Å². The summed E-state index contributed by atoms with van der Waals surface area (Å²) in [6.45, 7) is 1.89. The summed E-state index contributed by atoms with van der Waals surface area (Å²) in [5.41, 5.74) is 4.23. The van der Waals surface area contributed by atoms with Crippen LogP contribution >= 0.6 is 0 Å². The molecular formula is C58H66F2N6O16. The SMILES string of the molecule is CCOC(=O)CC(=O)c1cccc(OC)c1OC.COc1cccc(-c2cc(=O)[nH][nH]2)c1OC.COc1cccc(-c2cc(COc3ccccc3F)[nH]n2)c1OC.COc1cccc(C(=O)O)c1OC.NN.OCc1ccccc1F. The highest BCUT2D eigenvalue weighted by Gasteiger charge is 2.20. The average Bonchev–Trinajstić information content (AvgIpc) is 4.34. The number of benzene rings is 6. The zero-order valence-corrected chi connectivity index (χ0v) is 46.5. The second kappa shape index (κ2) is 35.6. The quantitative estimate of drug-likeness (QED) is 0.0131. The largest absolute Gasteiger partial charge is 0.493 e. The Labute approximate surface area is 471 Å². The van der Waals surface area contributed by atoms with Crippen LogP contribution in [0, 0.1) is 11.6 Å². The van der Waals surface area contributed by atoms with Crippen molar-refractivity contribution in [2.45, 2.75) is 26.6 Å². The maximum Gasteiger partial charge on any atom is 0.339 e. The van der Waals surface area contributed by atoms with E-state index in [0.717, 1.165) is 16.8 Å². The average molecular weight is 1140 g/mol. The minimum atomic E-state index is -1.03. The first-order chi connectivity index (χ1) is 39.7. The van der Waals surface area contributed by atoms with Crippen molar-refractivity contribution < 1.29 is 80.7 Å². The van der Waals surface area contributed by atoms with Crippen molar-refractivity contribution in [1.82, 2.24) is 20.4 Å². The fourth-order valence-corrected chi connectivity index (χ4v) is 7.18. The third-order valence-corrected chi connectivity index (χ3v) is 10.9. The number of nitrogens with one attached hydrogen (secondary N) is 3. The number of carbonyl (C=O) groups is 3. The molecule has 2 heterocycles.